The van der Waals surface area contributed by atoms with Gasteiger partial charge in [0.1, 0.15) is 0 Å². The smallest absolute Gasteiger partial charge is 0.338 e. The Balaban J connectivity index is 1.47. The number of carbonyl (C=O) groups is 1. The molecule has 27 heavy (non-hydrogen) atoms. The number of benzene rings is 1. The summed E-state index contributed by atoms with van der Waals surface area (Å²) >= 11 is 1.22. The highest BCUT2D eigenvalue weighted by Crippen LogP contribution is 2.42. The van der Waals surface area contributed by atoms with Crippen molar-refractivity contribution in [3.8, 4) is 0 Å². The van der Waals surface area contributed by atoms with Gasteiger partial charge in [0.2, 0.25) is 0 Å². The minimum atomic E-state index is -3.41. The van der Waals surface area contributed by atoms with Crippen LogP contribution in [-0.4, -0.2) is 42.0 Å². The van der Waals surface area contributed by atoms with Gasteiger partial charge in [-0.25, -0.2) is 13.2 Å². The van der Waals surface area contributed by atoms with E-state index < -0.39 is 16.0 Å². The number of anilines is 1. The Kier molecular flexibility index (Phi) is 4.42. The van der Waals surface area contributed by atoms with Crippen LogP contribution >= 0.6 is 11.8 Å². The monoisotopic (exact) mass is 408 g/mol. The molecule has 0 atom stereocenters. The van der Waals surface area contributed by atoms with Gasteiger partial charge >= 0.3 is 5.97 Å². The quantitative estimate of drug-likeness (QED) is 0.702. The van der Waals surface area contributed by atoms with Gasteiger partial charge in [-0.05, 0) is 30.0 Å². The van der Waals surface area contributed by atoms with E-state index in [0.717, 1.165) is 10.6 Å². The summed E-state index contributed by atoms with van der Waals surface area (Å²) in [7, 11) is -3.41. The van der Waals surface area contributed by atoms with Crippen molar-refractivity contribution in [2.75, 3.05) is 17.2 Å². The van der Waals surface area contributed by atoms with Gasteiger partial charge in [0, 0.05) is 17.4 Å². The molecule has 0 aliphatic carbocycles. The maximum atomic E-state index is 12.3. The molecule has 3 heterocycles. The molecule has 1 aromatic heterocycles. The summed E-state index contributed by atoms with van der Waals surface area (Å²) in [5, 5.41) is 4.23. The fraction of sp³-hybridized carbons (Fsp3) is 0.375. The molecule has 142 valence electrons. The predicted molar refractivity (Wildman–Crippen MR) is 98.4 cm³/mol. The van der Waals surface area contributed by atoms with E-state index in [9.17, 15) is 13.2 Å². The first-order valence-corrected chi connectivity index (χ1v) is 10.7. The minimum Gasteiger partial charge on any atom is -0.452 e. The lowest BCUT2D eigenvalue weighted by Crippen LogP contribution is -2.35. The number of thioether (sulfide) groups is 1. The van der Waals surface area contributed by atoms with Gasteiger partial charge in [-0.1, -0.05) is 19.0 Å². The summed E-state index contributed by atoms with van der Waals surface area (Å²) in [6, 6.07) is 5.08. The van der Waals surface area contributed by atoms with Crippen molar-refractivity contribution in [2.24, 2.45) is 4.40 Å². The van der Waals surface area contributed by atoms with Crippen LogP contribution in [0.25, 0.3) is 0 Å². The van der Waals surface area contributed by atoms with E-state index in [-0.39, 0.29) is 24.2 Å². The number of hydrogen-bond donors (Lipinski definition) is 0. The largest absolute Gasteiger partial charge is 0.452 e. The molecule has 0 amide bonds. The van der Waals surface area contributed by atoms with Crippen LogP contribution in [0.2, 0.25) is 0 Å². The zero-order valence-electron chi connectivity index (χ0n) is 14.6. The zero-order chi connectivity index (χ0) is 19.2. The van der Waals surface area contributed by atoms with Crippen LogP contribution in [-0.2, 0) is 21.4 Å². The second-order valence-corrected chi connectivity index (χ2v) is 9.14. The predicted octanol–water partition coefficient (Wildman–Crippen LogP) is 2.16. The molecule has 0 saturated heterocycles. The molecule has 2 aromatic rings. The van der Waals surface area contributed by atoms with Crippen LogP contribution < -0.4 is 4.90 Å². The van der Waals surface area contributed by atoms with Crippen LogP contribution in [0.1, 0.15) is 41.8 Å². The molecule has 2 aliphatic rings. The number of ether oxygens (including phenoxy) is 1. The van der Waals surface area contributed by atoms with Crippen molar-refractivity contribution < 1.29 is 22.5 Å². The average Bonchev–Trinajstić information content (AvgIpc) is 3.22. The maximum Gasteiger partial charge on any atom is 0.338 e. The molecule has 0 spiro atoms. The molecule has 1 aromatic carbocycles. The number of rotatable bonds is 4. The number of amidine groups is 1. The molecule has 4 rings (SSSR count). The van der Waals surface area contributed by atoms with Gasteiger partial charge in [0.15, 0.2) is 17.6 Å². The maximum absolute atomic E-state index is 12.3. The average molecular weight is 408 g/mol. The van der Waals surface area contributed by atoms with E-state index in [1.807, 2.05) is 18.7 Å². The molecule has 11 heteroatoms. The molecule has 0 N–H and O–H groups in total. The summed E-state index contributed by atoms with van der Waals surface area (Å²) in [5.41, 5.74) is 1.19. The van der Waals surface area contributed by atoms with Gasteiger partial charge in [-0.3, -0.25) is 0 Å². The molecular weight excluding hydrogens is 392 g/mol. The first-order valence-electron chi connectivity index (χ1n) is 8.24. The van der Waals surface area contributed by atoms with Gasteiger partial charge in [0.25, 0.3) is 15.9 Å². The molecule has 0 fully saturated rings. The third-order valence-corrected chi connectivity index (χ3v) is 6.34. The lowest BCUT2D eigenvalue weighted by Gasteiger charge is -2.22. The van der Waals surface area contributed by atoms with Crippen molar-refractivity contribution >= 4 is 38.6 Å². The normalized spacial score (nSPS) is 17.4. The standard InChI is InChI=1S/C16H16N4O5S2/c1-9(2)14-17-13(25-18-14)8-24-15(21)10-3-4-11-12(7-10)26-16-19-27(22,23)6-5-20(11)16/h3-4,7,9H,5-6,8H2,1-2H3. The van der Waals surface area contributed by atoms with E-state index in [2.05, 4.69) is 14.5 Å². The highest BCUT2D eigenvalue weighted by Gasteiger charge is 2.33. The second-order valence-electron chi connectivity index (χ2n) is 6.37. The summed E-state index contributed by atoms with van der Waals surface area (Å²) in [6.45, 7) is 4.11. The zero-order valence-corrected chi connectivity index (χ0v) is 16.2. The van der Waals surface area contributed by atoms with Gasteiger partial charge < -0.3 is 14.2 Å². The Hall–Kier alpha value is -2.40. The number of sulfonamides is 1. The number of fused-ring (bicyclic) bond motifs is 3. The van der Waals surface area contributed by atoms with Crippen LogP contribution in [0.15, 0.2) is 32.0 Å². The number of esters is 1. The van der Waals surface area contributed by atoms with Crippen molar-refractivity contribution in [1.82, 2.24) is 10.1 Å². The van der Waals surface area contributed by atoms with Crippen molar-refractivity contribution in [1.29, 1.82) is 0 Å². The van der Waals surface area contributed by atoms with Gasteiger partial charge in [-0.2, -0.15) is 4.98 Å². The summed E-state index contributed by atoms with van der Waals surface area (Å²) < 4.78 is 37.4. The van der Waals surface area contributed by atoms with E-state index in [0.29, 0.717) is 23.1 Å². The highest BCUT2D eigenvalue weighted by atomic mass is 32.2. The van der Waals surface area contributed by atoms with E-state index in [1.54, 1.807) is 18.2 Å². The Bertz CT molecular complexity index is 1040. The van der Waals surface area contributed by atoms with E-state index in [1.165, 1.54) is 11.8 Å². The van der Waals surface area contributed by atoms with Gasteiger partial charge in [0.05, 0.1) is 17.0 Å². The Morgan fingerprint density at radius 3 is 2.96 bits per heavy atom. The Morgan fingerprint density at radius 2 is 2.22 bits per heavy atom. The van der Waals surface area contributed by atoms with Gasteiger partial charge in [-0.15, -0.1) is 4.40 Å². The third kappa shape index (κ3) is 3.56. The van der Waals surface area contributed by atoms with Crippen molar-refractivity contribution in [3.63, 3.8) is 0 Å². The molecule has 0 unspecified atom stereocenters. The number of carbonyl (C=O) groups excluding carboxylic acids is 1. The third-order valence-electron chi connectivity index (χ3n) is 4.04. The number of aromatic nitrogens is 2. The van der Waals surface area contributed by atoms with Crippen LogP contribution in [0.3, 0.4) is 0 Å². The lowest BCUT2D eigenvalue weighted by molar-refractivity contribution is 0.0429. The molecule has 2 aliphatic heterocycles. The first-order chi connectivity index (χ1) is 12.8. The number of hydrogen-bond acceptors (Lipinski definition) is 9. The molecule has 9 nitrogen and oxygen atoms in total. The fourth-order valence-corrected chi connectivity index (χ4v) is 4.93. The van der Waals surface area contributed by atoms with E-state index >= 15 is 0 Å². The Morgan fingerprint density at radius 1 is 1.41 bits per heavy atom. The lowest BCUT2D eigenvalue weighted by atomic mass is 10.2. The van der Waals surface area contributed by atoms with Crippen molar-refractivity contribution in [3.05, 3.63) is 35.5 Å². The molecule has 0 saturated carbocycles. The first kappa shape index (κ1) is 18.0. The van der Waals surface area contributed by atoms with E-state index in [4.69, 9.17) is 9.26 Å². The second kappa shape index (κ2) is 6.64. The van der Waals surface area contributed by atoms with Crippen molar-refractivity contribution in [2.45, 2.75) is 31.3 Å². The topological polar surface area (TPSA) is 115 Å². The molecule has 0 radical (unpaired) electrons. The minimum absolute atomic E-state index is 0.0250. The SMILES string of the molecule is CC(C)c1noc(COC(=O)c2ccc3c(c2)SC2=NS(=O)(=O)CCN23)n1. The molecular formula is C16H16N4O5S2. The van der Waals surface area contributed by atoms with Crippen LogP contribution in [0, 0.1) is 0 Å². The fourth-order valence-electron chi connectivity index (χ4n) is 2.63. The highest BCUT2D eigenvalue weighted by molar-refractivity contribution is 8.15. The number of nitrogens with zero attached hydrogens (tertiary/aromatic N) is 4. The summed E-state index contributed by atoms with van der Waals surface area (Å²) in [6.07, 6.45) is 0. The summed E-state index contributed by atoms with van der Waals surface area (Å²) in [5.74, 6) is 0.365. The Labute approximate surface area is 159 Å². The summed E-state index contributed by atoms with van der Waals surface area (Å²) in [4.78, 5) is 19.1. The van der Waals surface area contributed by atoms with Crippen LogP contribution in [0.4, 0.5) is 5.69 Å². The molecule has 0 bridgehead atoms. The van der Waals surface area contributed by atoms with Crippen LogP contribution in [0.5, 0.6) is 0 Å².